The van der Waals surface area contributed by atoms with Gasteiger partial charge in [0.1, 0.15) is 0 Å². The smallest absolute Gasteiger partial charge is 0.308 e. The molecule has 0 aliphatic carbocycles. The first-order valence-electron chi connectivity index (χ1n) is 9.97. The zero-order valence-corrected chi connectivity index (χ0v) is 16.1. The van der Waals surface area contributed by atoms with Crippen LogP contribution >= 0.6 is 0 Å². The molecule has 142 valence electrons. The summed E-state index contributed by atoms with van der Waals surface area (Å²) in [5, 5.41) is 0. The Hall–Kier alpha value is -1.06. The van der Waals surface area contributed by atoms with E-state index in [-0.39, 0.29) is 17.9 Å². The quantitative estimate of drug-likeness (QED) is 0.277. The van der Waals surface area contributed by atoms with Crippen molar-refractivity contribution in [1.82, 2.24) is 0 Å². The van der Waals surface area contributed by atoms with Gasteiger partial charge in [-0.25, -0.2) is 0 Å². The average Bonchev–Trinajstić information content (AvgIpc) is 2.56. The molecule has 0 saturated carbocycles. The van der Waals surface area contributed by atoms with Gasteiger partial charge in [0.15, 0.2) is 0 Å². The Bertz CT molecular complexity index is 315. The van der Waals surface area contributed by atoms with Crippen molar-refractivity contribution >= 4 is 11.9 Å². The molecule has 0 aliphatic heterocycles. The van der Waals surface area contributed by atoms with Crippen molar-refractivity contribution < 1.29 is 19.1 Å². The highest BCUT2D eigenvalue weighted by atomic mass is 16.5. The molecule has 0 fully saturated rings. The van der Waals surface area contributed by atoms with Gasteiger partial charge in [-0.2, -0.15) is 0 Å². The van der Waals surface area contributed by atoms with E-state index in [0.29, 0.717) is 19.6 Å². The van der Waals surface area contributed by atoms with Gasteiger partial charge in [-0.1, -0.05) is 58.3 Å². The molecule has 0 rings (SSSR count). The first-order chi connectivity index (χ1) is 11.7. The number of hydrogen-bond acceptors (Lipinski definition) is 4. The normalized spacial score (nSPS) is 12.0. The number of ether oxygens (including phenoxy) is 2. The molecule has 1 unspecified atom stereocenters. The first-order valence-corrected chi connectivity index (χ1v) is 9.97. The van der Waals surface area contributed by atoms with Crippen LogP contribution in [-0.2, 0) is 19.1 Å². The van der Waals surface area contributed by atoms with Crippen LogP contribution in [0.25, 0.3) is 0 Å². The Labute approximate surface area is 148 Å². The number of hydrogen-bond donors (Lipinski definition) is 0. The third kappa shape index (κ3) is 13.4. The monoisotopic (exact) mass is 342 g/mol. The van der Waals surface area contributed by atoms with Gasteiger partial charge in [0, 0.05) is 6.42 Å². The van der Waals surface area contributed by atoms with Crippen molar-refractivity contribution in [2.24, 2.45) is 5.92 Å². The minimum absolute atomic E-state index is 0.0173. The molecular formula is C20H38O4. The zero-order valence-electron chi connectivity index (χ0n) is 16.1. The summed E-state index contributed by atoms with van der Waals surface area (Å²) in [5.74, 6) is -0.0374. The van der Waals surface area contributed by atoms with Gasteiger partial charge in [-0.3, -0.25) is 9.59 Å². The van der Waals surface area contributed by atoms with Gasteiger partial charge in [0.25, 0.3) is 0 Å². The van der Waals surface area contributed by atoms with Crippen molar-refractivity contribution in [2.45, 2.75) is 97.8 Å². The lowest BCUT2D eigenvalue weighted by Gasteiger charge is -2.15. The SMILES string of the molecule is CCCCCCC(CCCCCCCC(=O)OCC)C(=O)OCC. The summed E-state index contributed by atoms with van der Waals surface area (Å²) >= 11 is 0. The molecule has 4 heteroatoms. The molecule has 0 amide bonds. The number of carbonyl (C=O) groups excluding carboxylic acids is 2. The fourth-order valence-corrected chi connectivity index (χ4v) is 2.88. The predicted octanol–water partition coefficient (Wildman–Crippen LogP) is 5.43. The van der Waals surface area contributed by atoms with E-state index in [4.69, 9.17) is 9.47 Å². The van der Waals surface area contributed by atoms with E-state index in [1.165, 1.54) is 19.3 Å². The Morgan fingerprint density at radius 3 is 1.83 bits per heavy atom. The van der Waals surface area contributed by atoms with Gasteiger partial charge in [0.05, 0.1) is 19.1 Å². The molecule has 0 aromatic rings. The summed E-state index contributed by atoms with van der Waals surface area (Å²) in [6, 6.07) is 0. The zero-order chi connectivity index (χ0) is 18.0. The van der Waals surface area contributed by atoms with Crippen LogP contribution in [0, 0.1) is 5.92 Å². The molecule has 4 nitrogen and oxygen atoms in total. The summed E-state index contributed by atoms with van der Waals surface area (Å²) in [5.41, 5.74) is 0. The minimum atomic E-state index is -0.0908. The topological polar surface area (TPSA) is 52.6 Å². The highest BCUT2D eigenvalue weighted by molar-refractivity contribution is 5.72. The molecule has 0 spiro atoms. The number of rotatable bonds is 16. The van der Waals surface area contributed by atoms with E-state index < -0.39 is 0 Å². The minimum Gasteiger partial charge on any atom is -0.466 e. The fraction of sp³-hybridized carbons (Fsp3) is 0.900. The van der Waals surface area contributed by atoms with Crippen molar-refractivity contribution in [2.75, 3.05) is 13.2 Å². The Morgan fingerprint density at radius 1 is 0.708 bits per heavy atom. The Kier molecular flexibility index (Phi) is 16.0. The van der Waals surface area contributed by atoms with E-state index >= 15 is 0 Å². The molecule has 24 heavy (non-hydrogen) atoms. The molecule has 0 aromatic carbocycles. The third-order valence-corrected chi connectivity index (χ3v) is 4.26. The molecule has 0 saturated heterocycles. The van der Waals surface area contributed by atoms with Crippen LogP contribution in [0.5, 0.6) is 0 Å². The standard InChI is InChI=1S/C20H38O4/c1-4-7-8-12-15-18(20(22)24-6-3)16-13-10-9-11-14-17-19(21)23-5-2/h18H,4-17H2,1-3H3. The second kappa shape index (κ2) is 16.8. The van der Waals surface area contributed by atoms with Gasteiger partial charge in [0.2, 0.25) is 0 Å². The second-order valence-electron chi connectivity index (χ2n) is 6.41. The second-order valence-corrected chi connectivity index (χ2v) is 6.41. The predicted molar refractivity (Wildman–Crippen MR) is 97.8 cm³/mol. The number of carbonyl (C=O) groups is 2. The van der Waals surface area contributed by atoms with Crippen molar-refractivity contribution in [3.63, 3.8) is 0 Å². The van der Waals surface area contributed by atoms with Gasteiger partial charge in [-0.15, -0.1) is 0 Å². The van der Waals surface area contributed by atoms with Gasteiger partial charge < -0.3 is 9.47 Å². The van der Waals surface area contributed by atoms with Crippen LogP contribution < -0.4 is 0 Å². The lowest BCUT2D eigenvalue weighted by molar-refractivity contribution is -0.148. The molecule has 0 radical (unpaired) electrons. The van der Waals surface area contributed by atoms with Crippen molar-refractivity contribution in [3.05, 3.63) is 0 Å². The fourth-order valence-electron chi connectivity index (χ4n) is 2.88. The molecule has 0 aromatic heterocycles. The van der Waals surface area contributed by atoms with E-state index in [1.807, 2.05) is 13.8 Å². The summed E-state index contributed by atoms with van der Waals surface area (Å²) in [6.45, 7) is 6.84. The molecular weight excluding hydrogens is 304 g/mol. The lowest BCUT2D eigenvalue weighted by Crippen LogP contribution is -2.18. The highest BCUT2D eigenvalue weighted by Gasteiger charge is 2.18. The molecule has 1 atom stereocenters. The Balaban J connectivity index is 3.80. The van der Waals surface area contributed by atoms with Crippen molar-refractivity contribution in [1.29, 1.82) is 0 Å². The van der Waals surface area contributed by atoms with Crippen LogP contribution in [0.2, 0.25) is 0 Å². The van der Waals surface area contributed by atoms with Crippen LogP contribution in [0.1, 0.15) is 97.8 Å². The van der Waals surface area contributed by atoms with Crippen LogP contribution in [0.3, 0.4) is 0 Å². The molecule has 0 N–H and O–H groups in total. The largest absolute Gasteiger partial charge is 0.466 e. The molecule has 0 bridgehead atoms. The van der Waals surface area contributed by atoms with E-state index in [2.05, 4.69) is 6.92 Å². The summed E-state index contributed by atoms with van der Waals surface area (Å²) in [7, 11) is 0. The molecule has 0 heterocycles. The first kappa shape index (κ1) is 22.9. The van der Waals surface area contributed by atoms with E-state index in [1.54, 1.807) is 0 Å². The maximum Gasteiger partial charge on any atom is 0.308 e. The van der Waals surface area contributed by atoms with Crippen molar-refractivity contribution in [3.8, 4) is 0 Å². The highest BCUT2D eigenvalue weighted by Crippen LogP contribution is 2.20. The maximum absolute atomic E-state index is 12.0. The summed E-state index contributed by atoms with van der Waals surface area (Å²) in [4.78, 5) is 23.3. The van der Waals surface area contributed by atoms with Gasteiger partial charge in [-0.05, 0) is 33.1 Å². The Morgan fingerprint density at radius 2 is 1.25 bits per heavy atom. The number of unbranched alkanes of at least 4 members (excludes halogenated alkanes) is 7. The van der Waals surface area contributed by atoms with Crippen LogP contribution in [0.15, 0.2) is 0 Å². The average molecular weight is 343 g/mol. The molecule has 0 aliphatic rings. The lowest BCUT2D eigenvalue weighted by atomic mass is 9.94. The maximum atomic E-state index is 12.0. The van der Waals surface area contributed by atoms with E-state index in [0.717, 1.165) is 51.4 Å². The summed E-state index contributed by atoms with van der Waals surface area (Å²) < 4.78 is 10.1. The van der Waals surface area contributed by atoms with Crippen LogP contribution in [0.4, 0.5) is 0 Å². The third-order valence-electron chi connectivity index (χ3n) is 4.26. The van der Waals surface area contributed by atoms with E-state index in [9.17, 15) is 9.59 Å². The van der Waals surface area contributed by atoms with Gasteiger partial charge >= 0.3 is 11.9 Å². The van der Waals surface area contributed by atoms with Crippen LogP contribution in [-0.4, -0.2) is 25.2 Å². The summed E-state index contributed by atoms with van der Waals surface area (Å²) in [6.07, 6.45) is 12.5. The number of esters is 2.